The molecule has 2 aromatic rings. The van der Waals surface area contributed by atoms with Gasteiger partial charge in [-0.3, -0.25) is 9.89 Å². The molecule has 1 amide bonds. The first kappa shape index (κ1) is 15.4. The molecule has 0 saturated carbocycles. The molecule has 1 aliphatic heterocycles. The summed E-state index contributed by atoms with van der Waals surface area (Å²) in [5.41, 5.74) is 4.00. The molecule has 1 N–H and O–H groups in total. The lowest BCUT2D eigenvalue weighted by molar-refractivity contribution is -0.132. The summed E-state index contributed by atoms with van der Waals surface area (Å²) in [6.45, 7) is 1.73. The normalized spacial score (nSPS) is 23.8. The van der Waals surface area contributed by atoms with Crippen molar-refractivity contribution in [3.8, 4) is 0 Å². The predicted octanol–water partition coefficient (Wildman–Crippen LogP) is 3.63. The lowest BCUT2D eigenvalue weighted by Gasteiger charge is -2.34. The smallest absolute Gasteiger partial charge is 0.223 e. The van der Waals surface area contributed by atoms with Gasteiger partial charge in [-0.15, -0.1) is 0 Å². The minimum absolute atomic E-state index is 0.320. The topological polar surface area (TPSA) is 49.0 Å². The van der Waals surface area contributed by atoms with Crippen molar-refractivity contribution in [2.75, 3.05) is 13.1 Å². The van der Waals surface area contributed by atoms with E-state index in [0.717, 1.165) is 44.5 Å². The maximum Gasteiger partial charge on any atom is 0.223 e. The molecule has 1 aromatic heterocycles. The quantitative estimate of drug-likeness (QED) is 0.938. The van der Waals surface area contributed by atoms with E-state index in [4.69, 9.17) is 0 Å². The van der Waals surface area contributed by atoms with Crippen molar-refractivity contribution in [1.29, 1.82) is 0 Å². The number of likely N-dealkylation sites (tertiary alicyclic amines) is 1. The predicted molar refractivity (Wildman–Crippen MR) is 93.9 cm³/mol. The van der Waals surface area contributed by atoms with Crippen molar-refractivity contribution < 1.29 is 4.79 Å². The standard InChI is InChI=1S/C20H25N3O/c24-20(13-16-7-3-6-15-5-1-2-9-18(15)16)23-12-4-8-17(14-23)19-10-11-21-22-19/h1-2,5,9-11,16-17H,3-4,6-8,12-14H2,(H,21,22)/t16-,17-/m1/s1. The Morgan fingerprint density at radius 1 is 1.21 bits per heavy atom. The second-order valence-electron chi connectivity index (χ2n) is 7.18. The summed E-state index contributed by atoms with van der Waals surface area (Å²) in [6.07, 6.45) is 8.18. The highest BCUT2D eigenvalue weighted by Gasteiger charge is 2.28. The molecule has 2 aliphatic rings. The highest BCUT2D eigenvalue weighted by molar-refractivity contribution is 5.77. The SMILES string of the molecule is O=C(C[C@H]1CCCc2ccccc21)N1CCC[C@@H](c2ccn[nH]2)C1. The van der Waals surface area contributed by atoms with Crippen LogP contribution in [-0.2, 0) is 11.2 Å². The van der Waals surface area contributed by atoms with E-state index in [1.54, 1.807) is 6.20 Å². The maximum atomic E-state index is 12.9. The van der Waals surface area contributed by atoms with Crippen LogP contribution in [0.25, 0.3) is 0 Å². The number of aromatic amines is 1. The van der Waals surface area contributed by atoms with Gasteiger partial charge in [0, 0.05) is 37.3 Å². The van der Waals surface area contributed by atoms with Crippen molar-refractivity contribution in [2.45, 2.75) is 50.4 Å². The highest BCUT2D eigenvalue weighted by atomic mass is 16.2. The van der Waals surface area contributed by atoms with Gasteiger partial charge in [-0.05, 0) is 55.2 Å². The average molecular weight is 323 g/mol. The van der Waals surface area contributed by atoms with Gasteiger partial charge in [-0.25, -0.2) is 0 Å². The Kier molecular flexibility index (Phi) is 4.37. The van der Waals surface area contributed by atoms with Gasteiger partial charge in [0.2, 0.25) is 5.91 Å². The van der Waals surface area contributed by atoms with Crippen molar-refractivity contribution in [3.05, 3.63) is 53.3 Å². The third-order valence-corrected chi connectivity index (χ3v) is 5.65. The Morgan fingerprint density at radius 3 is 3.00 bits per heavy atom. The summed E-state index contributed by atoms with van der Waals surface area (Å²) in [5.74, 6) is 1.12. The van der Waals surface area contributed by atoms with Gasteiger partial charge in [-0.1, -0.05) is 24.3 Å². The molecular weight excluding hydrogens is 298 g/mol. The van der Waals surface area contributed by atoms with Crippen molar-refractivity contribution in [3.63, 3.8) is 0 Å². The summed E-state index contributed by atoms with van der Waals surface area (Å²) < 4.78 is 0. The van der Waals surface area contributed by atoms with Crippen LogP contribution in [0.15, 0.2) is 36.5 Å². The maximum absolute atomic E-state index is 12.9. The van der Waals surface area contributed by atoms with Crippen LogP contribution >= 0.6 is 0 Å². The first-order chi connectivity index (χ1) is 11.8. The number of rotatable bonds is 3. The van der Waals surface area contributed by atoms with E-state index < -0.39 is 0 Å². The van der Waals surface area contributed by atoms with Crippen LogP contribution in [0, 0.1) is 0 Å². The Bertz CT molecular complexity index is 695. The van der Waals surface area contributed by atoms with Gasteiger partial charge in [0.15, 0.2) is 0 Å². The molecule has 24 heavy (non-hydrogen) atoms. The largest absolute Gasteiger partial charge is 0.342 e. The van der Waals surface area contributed by atoms with Gasteiger partial charge in [-0.2, -0.15) is 5.10 Å². The number of aromatic nitrogens is 2. The van der Waals surface area contributed by atoms with E-state index in [1.165, 1.54) is 17.5 Å². The summed E-state index contributed by atoms with van der Waals surface area (Å²) in [5, 5.41) is 7.13. The Labute approximate surface area is 143 Å². The molecule has 4 rings (SSSR count). The Hall–Kier alpha value is -2.10. The van der Waals surface area contributed by atoms with E-state index in [2.05, 4.69) is 39.4 Å². The van der Waals surface area contributed by atoms with E-state index >= 15 is 0 Å². The number of nitrogens with zero attached hydrogens (tertiary/aromatic N) is 2. The number of amides is 1. The molecule has 0 radical (unpaired) electrons. The fraction of sp³-hybridized carbons (Fsp3) is 0.500. The third-order valence-electron chi connectivity index (χ3n) is 5.65. The molecule has 1 aliphatic carbocycles. The van der Waals surface area contributed by atoms with Crippen LogP contribution in [0.4, 0.5) is 0 Å². The second kappa shape index (κ2) is 6.80. The lowest BCUT2D eigenvalue weighted by Crippen LogP contribution is -2.40. The van der Waals surface area contributed by atoms with Gasteiger partial charge in [0.1, 0.15) is 0 Å². The fourth-order valence-corrected chi connectivity index (χ4v) is 4.36. The van der Waals surface area contributed by atoms with Gasteiger partial charge in [0.25, 0.3) is 0 Å². The molecular formula is C20H25N3O. The number of carbonyl (C=O) groups excluding carboxylic acids is 1. The zero-order valence-electron chi connectivity index (χ0n) is 14.1. The molecule has 0 bridgehead atoms. The summed E-state index contributed by atoms with van der Waals surface area (Å²) >= 11 is 0. The summed E-state index contributed by atoms with van der Waals surface area (Å²) in [6, 6.07) is 10.7. The average Bonchev–Trinajstić information content (AvgIpc) is 3.17. The number of benzene rings is 1. The molecule has 2 atom stereocenters. The first-order valence-corrected chi connectivity index (χ1v) is 9.16. The van der Waals surface area contributed by atoms with Gasteiger partial charge in [0.05, 0.1) is 0 Å². The number of carbonyl (C=O) groups is 1. The molecule has 4 heteroatoms. The van der Waals surface area contributed by atoms with Crippen LogP contribution < -0.4 is 0 Å². The Balaban J connectivity index is 1.43. The minimum atomic E-state index is 0.320. The van der Waals surface area contributed by atoms with Crippen molar-refractivity contribution >= 4 is 5.91 Å². The van der Waals surface area contributed by atoms with Crippen molar-refractivity contribution in [2.24, 2.45) is 0 Å². The van der Waals surface area contributed by atoms with Gasteiger partial charge < -0.3 is 4.90 Å². The van der Waals surface area contributed by atoms with Crippen LogP contribution in [0.3, 0.4) is 0 Å². The number of fused-ring (bicyclic) bond motifs is 1. The van der Waals surface area contributed by atoms with Crippen molar-refractivity contribution in [1.82, 2.24) is 15.1 Å². The van der Waals surface area contributed by atoms with E-state index in [0.29, 0.717) is 24.2 Å². The molecule has 4 nitrogen and oxygen atoms in total. The molecule has 1 saturated heterocycles. The highest BCUT2D eigenvalue weighted by Crippen LogP contribution is 2.35. The molecule has 2 heterocycles. The monoisotopic (exact) mass is 323 g/mol. The summed E-state index contributed by atoms with van der Waals surface area (Å²) in [7, 11) is 0. The second-order valence-corrected chi connectivity index (χ2v) is 7.18. The number of nitrogens with one attached hydrogen (secondary N) is 1. The molecule has 0 unspecified atom stereocenters. The van der Waals surface area contributed by atoms with E-state index in [-0.39, 0.29) is 0 Å². The van der Waals surface area contributed by atoms with E-state index in [9.17, 15) is 4.79 Å². The van der Waals surface area contributed by atoms with Crippen LogP contribution in [0.1, 0.15) is 60.8 Å². The Morgan fingerprint density at radius 2 is 2.12 bits per heavy atom. The third kappa shape index (κ3) is 3.10. The number of hydrogen-bond acceptors (Lipinski definition) is 2. The van der Waals surface area contributed by atoms with Crippen LogP contribution in [-0.4, -0.2) is 34.1 Å². The molecule has 126 valence electrons. The number of piperidine rings is 1. The number of hydrogen-bond donors (Lipinski definition) is 1. The lowest BCUT2D eigenvalue weighted by atomic mass is 9.80. The molecule has 1 aromatic carbocycles. The molecule has 0 spiro atoms. The number of H-pyrrole nitrogens is 1. The van der Waals surface area contributed by atoms with Crippen LogP contribution in [0.5, 0.6) is 0 Å². The summed E-state index contributed by atoms with van der Waals surface area (Å²) in [4.78, 5) is 15.0. The zero-order chi connectivity index (χ0) is 16.4. The fourth-order valence-electron chi connectivity index (χ4n) is 4.36. The zero-order valence-corrected chi connectivity index (χ0v) is 14.1. The minimum Gasteiger partial charge on any atom is -0.342 e. The van der Waals surface area contributed by atoms with E-state index in [1.807, 2.05) is 6.07 Å². The number of aryl methyl sites for hydroxylation is 1. The van der Waals surface area contributed by atoms with Gasteiger partial charge >= 0.3 is 0 Å². The first-order valence-electron chi connectivity index (χ1n) is 9.16. The molecule has 1 fully saturated rings. The van der Waals surface area contributed by atoms with Crippen LogP contribution in [0.2, 0.25) is 0 Å².